The van der Waals surface area contributed by atoms with Crippen molar-refractivity contribution in [3.8, 4) is 0 Å². The Bertz CT molecular complexity index is 317. The highest BCUT2D eigenvalue weighted by Gasteiger charge is 2.36. The third-order valence-corrected chi connectivity index (χ3v) is 2.84. The van der Waals surface area contributed by atoms with Gasteiger partial charge in [0.25, 0.3) is 0 Å². The smallest absolute Gasteiger partial charge is 0.326 e. The van der Waals surface area contributed by atoms with Gasteiger partial charge in [-0.05, 0) is 5.92 Å². The lowest BCUT2D eigenvalue weighted by atomic mass is 10.1. The van der Waals surface area contributed by atoms with Crippen molar-refractivity contribution in [2.45, 2.75) is 32.5 Å². The molecule has 0 radical (unpaired) electrons. The minimum Gasteiger partial charge on any atom is -0.326 e. The first-order valence-corrected chi connectivity index (χ1v) is 4.94. The normalized spacial score (nSPS) is 12.5. The molecule has 6 heteroatoms. The van der Waals surface area contributed by atoms with Gasteiger partial charge in [0.2, 0.25) is 0 Å². The van der Waals surface area contributed by atoms with Gasteiger partial charge in [0.05, 0.1) is 5.69 Å². The maximum absolute atomic E-state index is 12.3. The van der Waals surface area contributed by atoms with Crippen molar-refractivity contribution >= 4 is 11.3 Å². The Morgan fingerprint density at radius 2 is 2.00 bits per heavy atom. The minimum atomic E-state index is -4.36. The zero-order valence-corrected chi connectivity index (χ0v) is 8.67. The Morgan fingerprint density at radius 1 is 1.43 bits per heavy atom. The number of hydrogen-bond acceptors (Lipinski definition) is 3. The summed E-state index contributed by atoms with van der Waals surface area (Å²) in [6, 6.07) is 0. The number of rotatable bonds is 2. The molecule has 0 amide bonds. The summed E-state index contributed by atoms with van der Waals surface area (Å²) < 4.78 is 36.9. The van der Waals surface area contributed by atoms with E-state index in [4.69, 9.17) is 5.73 Å². The van der Waals surface area contributed by atoms with Crippen LogP contribution in [0.2, 0.25) is 0 Å². The molecule has 0 saturated carbocycles. The molecule has 2 N–H and O–H groups in total. The lowest BCUT2D eigenvalue weighted by Gasteiger charge is -2.02. The predicted octanol–water partition coefficient (Wildman–Crippen LogP) is 2.74. The molecule has 80 valence electrons. The molecule has 1 aromatic rings. The highest BCUT2D eigenvalue weighted by atomic mass is 32.1. The lowest BCUT2D eigenvalue weighted by molar-refractivity contribution is -0.137. The molecule has 0 bridgehead atoms. The first kappa shape index (κ1) is 11.5. The van der Waals surface area contributed by atoms with Gasteiger partial charge in [-0.2, -0.15) is 13.2 Å². The topological polar surface area (TPSA) is 38.9 Å². The van der Waals surface area contributed by atoms with Gasteiger partial charge in [-0.1, -0.05) is 13.8 Å². The molecule has 0 aliphatic heterocycles. The molecular formula is C8H11F3N2S. The predicted molar refractivity (Wildman–Crippen MR) is 49.1 cm³/mol. The van der Waals surface area contributed by atoms with E-state index in [-0.39, 0.29) is 12.5 Å². The third-order valence-electron chi connectivity index (χ3n) is 1.70. The fourth-order valence-corrected chi connectivity index (χ4v) is 2.04. The zero-order chi connectivity index (χ0) is 10.9. The van der Waals surface area contributed by atoms with Gasteiger partial charge >= 0.3 is 6.18 Å². The molecule has 2 nitrogen and oxygen atoms in total. The van der Waals surface area contributed by atoms with E-state index >= 15 is 0 Å². The van der Waals surface area contributed by atoms with Gasteiger partial charge in [0.1, 0.15) is 0 Å². The van der Waals surface area contributed by atoms with Gasteiger partial charge in [-0.3, -0.25) is 0 Å². The van der Waals surface area contributed by atoms with Crippen LogP contribution in [0.3, 0.4) is 0 Å². The molecule has 0 saturated heterocycles. The number of nitrogens with two attached hydrogens (primary N) is 1. The number of nitrogens with zero attached hydrogens (tertiary/aromatic N) is 1. The van der Waals surface area contributed by atoms with E-state index < -0.39 is 11.2 Å². The van der Waals surface area contributed by atoms with Crippen molar-refractivity contribution in [3.05, 3.63) is 15.6 Å². The van der Waals surface area contributed by atoms with Crippen LogP contribution >= 0.6 is 11.3 Å². The quantitative estimate of drug-likeness (QED) is 0.838. The molecule has 1 heterocycles. The summed E-state index contributed by atoms with van der Waals surface area (Å²) in [5, 5.41) is -0.804. The fourth-order valence-electron chi connectivity index (χ4n) is 1.08. The van der Waals surface area contributed by atoms with Crippen LogP contribution in [-0.2, 0) is 12.7 Å². The minimum absolute atomic E-state index is 0.0269. The summed E-state index contributed by atoms with van der Waals surface area (Å²) in [6.07, 6.45) is -4.36. The van der Waals surface area contributed by atoms with Crippen LogP contribution in [0.15, 0.2) is 0 Å². The molecule has 0 aliphatic rings. The van der Waals surface area contributed by atoms with Gasteiger partial charge in [0, 0.05) is 11.4 Å². The van der Waals surface area contributed by atoms with Gasteiger partial charge < -0.3 is 5.73 Å². The molecule has 0 aliphatic carbocycles. The van der Waals surface area contributed by atoms with Crippen molar-refractivity contribution in [3.63, 3.8) is 0 Å². The second-order valence-electron chi connectivity index (χ2n) is 3.18. The highest BCUT2D eigenvalue weighted by molar-refractivity contribution is 7.11. The standard InChI is InChI=1S/C8H11F3N2S/c1-4(2)6-5(3-12)14-7(13-6)8(9,10)11/h4H,3,12H2,1-2H3. The molecule has 0 atom stereocenters. The fraction of sp³-hybridized carbons (Fsp3) is 0.625. The molecule has 0 fully saturated rings. The third kappa shape index (κ3) is 2.24. The molecule has 0 spiro atoms. The van der Waals surface area contributed by atoms with Crippen LogP contribution in [-0.4, -0.2) is 4.98 Å². The number of alkyl halides is 3. The molecule has 1 rings (SSSR count). The van der Waals surface area contributed by atoms with Crippen molar-refractivity contribution in [2.24, 2.45) is 5.73 Å². The zero-order valence-electron chi connectivity index (χ0n) is 7.85. The average molecular weight is 224 g/mol. The summed E-state index contributed by atoms with van der Waals surface area (Å²) in [4.78, 5) is 4.09. The van der Waals surface area contributed by atoms with Crippen LogP contribution in [0.5, 0.6) is 0 Å². The van der Waals surface area contributed by atoms with Crippen LogP contribution in [0, 0.1) is 0 Å². The Morgan fingerprint density at radius 3 is 2.29 bits per heavy atom. The summed E-state index contributed by atoms with van der Waals surface area (Å²) in [7, 11) is 0. The summed E-state index contributed by atoms with van der Waals surface area (Å²) in [5.74, 6) is -0.0269. The largest absolute Gasteiger partial charge is 0.443 e. The van der Waals surface area contributed by atoms with Gasteiger partial charge in [0.15, 0.2) is 5.01 Å². The van der Waals surface area contributed by atoms with Crippen LogP contribution in [0.25, 0.3) is 0 Å². The van der Waals surface area contributed by atoms with Crippen LogP contribution < -0.4 is 5.73 Å². The molecule has 1 aromatic heterocycles. The Labute approximate surface area is 84.0 Å². The summed E-state index contributed by atoms with van der Waals surface area (Å²) in [5.41, 5.74) is 5.81. The molecule has 14 heavy (non-hydrogen) atoms. The van der Waals surface area contributed by atoms with E-state index in [1.54, 1.807) is 13.8 Å². The van der Waals surface area contributed by atoms with Gasteiger partial charge in [-0.25, -0.2) is 4.98 Å². The molecular weight excluding hydrogens is 213 g/mol. The summed E-state index contributed by atoms with van der Waals surface area (Å²) in [6.45, 7) is 3.71. The Balaban J connectivity index is 3.13. The number of thiazole rings is 1. The highest BCUT2D eigenvalue weighted by Crippen LogP contribution is 2.35. The monoisotopic (exact) mass is 224 g/mol. The van der Waals surface area contributed by atoms with E-state index in [1.807, 2.05) is 0 Å². The van der Waals surface area contributed by atoms with Crippen LogP contribution in [0.4, 0.5) is 13.2 Å². The van der Waals surface area contributed by atoms with Crippen molar-refractivity contribution in [2.75, 3.05) is 0 Å². The number of aromatic nitrogens is 1. The Kier molecular flexibility index (Phi) is 3.16. The Hall–Kier alpha value is -0.620. The van der Waals surface area contributed by atoms with E-state index in [2.05, 4.69) is 4.98 Å². The molecule has 0 unspecified atom stereocenters. The maximum atomic E-state index is 12.3. The van der Waals surface area contributed by atoms with Crippen molar-refractivity contribution < 1.29 is 13.2 Å². The number of halogens is 3. The summed E-state index contributed by atoms with van der Waals surface area (Å²) >= 11 is 0.634. The van der Waals surface area contributed by atoms with E-state index in [1.165, 1.54) is 0 Å². The first-order chi connectivity index (χ1) is 6.36. The second-order valence-corrected chi connectivity index (χ2v) is 4.27. The second kappa shape index (κ2) is 3.86. The van der Waals surface area contributed by atoms with E-state index in [0.29, 0.717) is 21.9 Å². The average Bonchev–Trinajstić information content (AvgIpc) is 2.45. The van der Waals surface area contributed by atoms with Crippen molar-refractivity contribution in [1.82, 2.24) is 4.98 Å². The van der Waals surface area contributed by atoms with Crippen LogP contribution in [0.1, 0.15) is 35.3 Å². The first-order valence-electron chi connectivity index (χ1n) is 4.13. The van der Waals surface area contributed by atoms with Crippen molar-refractivity contribution in [1.29, 1.82) is 0 Å². The van der Waals surface area contributed by atoms with Gasteiger partial charge in [-0.15, -0.1) is 11.3 Å². The number of hydrogen-bond donors (Lipinski definition) is 1. The maximum Gasteiger partial charge on any atom is 0.443 e. The van der Waals surface area contributed by atoms with E-state index in [9.17, 15) is 13.2 Å². The molecule has 0 aromatic carbocycles. The SMILES string of the molecule is CC(C)c1nc(C(F)(F)F)sc1CN. The lowest BCUT2D eigenvalue weighted by Crippen LogP contribution is -2.04. The van der Waals surface area contributed by atoms with E-state index in [0.717, 1.165) is 0 Å².